The van der Waals surface area contributed by atoms with Crippen LogP contribution >= 0.6 is 12.2 Å². The van der Waals surface area contributed by atoms with Gasteiger partial charge in [0.2, 0.25) is 10.0 Å². The van der Waals surface area contributed by atoms with Crippen LogP contribution < -0.4 is 15.4 Å². The van der Waals surface area contributed by atoms with Gasteiger partial charge in [-0.1, -0.05) is 6.08 Å². The summed E-state index contributed by atoms with van der Waals surface area (Å²) in [5.74, 6) is 0.547. The highest BCUT2D eigenvalue weighted by Gasteiger charge is 2.14. The zero-order valence-corrected chi connectivity index (χ0v) is 13.9. The molecular formula is C15H17N3O3S2. The third kappa shape index (κ3) is 5.20. The van der Waals surface area contributed by atoms with E-state index in [1.165, 1.54) is 18.4 Å². The van der Waals surface area contributed by atoms with Gasteiger partial charge in [-0.3, -0.25) is 0 Å². The van der Waals surface area contributed by atoms with Gasteiger partial charge in [0, 0.05) is 12.2 Å². The normalized spacial score (nSPS) is 11.0. The predicted molar refractivity (Wildman–Crippen MR) is 93.6 cm³/mol. The maximum Gasteiger partial charge on any atom is 0.240 e. The van der Waals surface area contributed by atoms with Crippen molar-refractivity contribution in [2.45, 2.75) is 11.4 Å². The molecule has 0 unspecified atom stereocenters. The second-order valence-electron chi connectivity index (χ2n) is 4.55. The molecule has 0 saturated heterocycles. The van der Waals surface area contributed by atoms with Crippen LogP contribution in [0.1, 0.15) is 5.76 Å². The molecule has 1 heterocycles. The van der Waals surface area contributed by atoms with E-state index < -0.39 is 10.0 Å². The predicted octanol–water partition coefficient (Wildman–Crippen LogP) is 2.23. The van der Waals surface area contributed by atoms with Gasteiger partial charge in [-0.25, -0.2) is 13.1 Å². The van der Waals surface area contributed by atoms with Crippen LogP contribution in [0.25, 0.3) is 0 Å². The topological polar surface area (TPSA) is 83.4 Å². The lowest BCUT2D eigenvalue weighted by atomic mass is 10.3. The van der Waals surface area contributed by atoms with Gasteiger partial charge < -0.3 is 15.1 Å². The maximum atomic E-state index is 12.2. The molecule has 8 heteroatoms. The molecule has 0 spiro atoms. The number of thiocarbonyl (C=S) groups is 1. The molecule has 6 nitrogen and oxygen atoms in total. The van der Waals surface area contributed by atoms with Gasteiger partial charge in [0.25, 0.3) is 0 Å². The number of benzene rings is 1. The van der Waals surface area contributed by atoms with Crippen molar-refractivity contribution < 1.29 is 12.8 Å². The molecule has 23 heavy (non-hydrogen) atoms. The average molecular weight is 351 g/mol. The monoisotopic (exact) mass is 351 g/mol. The number of hydrogen-bond donors (Lipinski definition) is 3. The number of nitrogens with one attached hydrogen (secondary N) is 3. The first-order chi connectivity index (χ1) is 11.0. The van der Waals surface area contributed by atoms with Gasteiger partial charge >= 0.3 is 0 Å². The van der Waals surface area contributed by atoms with Crippen LogP contribution in [0.15, 0.2) is 64.6 Å². The summed E-state index contributed by atoms with van der Waals surface area (Å²) in [7, 11) is -3.60. The quantitative estimate of drug-likeness (QED) is 0.524. The van der Waals surface area contributed by atoms with Crippen LogP contribution in [0.2, 0.25) is 0 Å². The van der Waals surface area contributed by atoms with E-state index in [-0.39, 0.29) is 11.4 Å². The fourth-order valence-electron chi connectivity index (χ4n) is 1.72. The smallest absolute Gasteiger partial charge is 0.240 e. The Labute approximate surface area is 140 Å². The third-order valence-corrected chi connectivity index (χ3v) is 4.51. The molecule has 1 aromatic carbocycles. The largest absolute Gasteiger partial charge is 0.468 e. The Bertz CT molecular complexity index is 754. The van der Waals surface area contributed by atoms with Crippen molar-refractivity contribution >= 4 is 33.0 Å². The molecule has 0 atom stereocenters. The summed E-state index contributed by atoms with van der Waals surface area (Å²) in [6, 6.07) is 9.69. The number of anilines is 1. The first kappa shape index (κ1) is 17.2. The lowest BCUT2D eigenvalue weighted by Gasteiger charge is -2.10. The highest BCUT2D eigenvalue weighted by molar-refractivity contribution is 7.89. The fourth-order valence-corrected chi connectivity index (χ4v) is 2.91. The van der Waals surface area contributed by atoms with Crippen LogP contribution in [0.4, 0.5) is 5.69 Å². The molecule has 0 aliphatic carbocycles. The van der Waals surface area contributed by atoms with Crippen molar-refractivity contribution in [3.05, 3.63) is 61.1 Å². The number of hydrogen-bond acceptors (Lipinski definition) is 4. The zero-order chi connectivity index (χ0) is 16.7. The number of furan rings is 1. The summed E-state index contributed by atoms with van der Waals surface area (Å²) in [4.78, 5) is 0.166. The maximum absolute atomic E-state index is 12.2. The first-order valence-electron chi connectivity index (χ1n) is 6.79. The molecule has 0 fully saturated rings. The minimum atomic E-state index is -3.60. The Morgan fingerprint density at radius 1 is 1.26 bits per heavy atom. The van der Waals surface area contributed by atoms with E-state index in [0.29, 0.717) is 23.1 Å². The minimum absolute atomic E-state index is 0.102. The van der Waals surface area contributed by atoms with Crippen molar-refractivity contribution in [2.24, 2.45) is 0 Å². The molecule has 1 aromatic heterocycles. The molecule has 0 aliphatic rings. The Morgan fingerprint density at radius 2 is 2.00 bits per heavy atom. The highest BCUT2D eigenvalue weighted by atomic mass is 32.2. The molecule has 122 valence electrons. The summed E-state index contributed by atoms with van der Waals surface area (Å²) in [6.45, 7) is 4.24. The second-order valence-corrected chi connectivity index (χ2v) is 6.73. The van der Waals surface area contributed by atoms with E-state index in [1.54, 1.807) is 30.3 Å². The van der Waals surface area contributed by atoms with Gasteiger partial charge in [0.1, 0.15) is 5.76 Å². The van der Waals surface area contributed by atoms with Crippen LogP contribution in [0, 0.1) is 0 Å². The lowest BCUT2D eigenvalue weighted by molar-refractivity contribution is 0.498. The van der Waals surface area contributed by atoms with Crippen LogP contribution in [-0.4, -0.2) is 20.1 Å². The Hall–Kier alpha value is -2.16. The van der Waals surface area contributed by atoms with E-state index in [4.69, 9.17) is 16.6 Å². The molecule has 3 N–H and O–H groups in total. The summed E-state index contributed by atoms with van der Waals surface area (Å²) >= 11 is 5.08. The van der Waals surface area contributed by atoms with Gasteiger partial charge in [-0.15, -0.1) is 6.58 Å². The molecule has 0 amide bonds. The van der Waals surface area contributed by atoms with Crippen LogP contribution in [0.3, 0.4) is 0 Å². The third-order valence-electron chi connectivity index (χ3n) is 2.85. The molecule has 0 saturated carbocycles. The first-order valence-corrected chi connectivity index (χ1v) is 8.68. The summed E-state index contributed by atoms with van der Waals surface area (Å²) in [6.07, 6.45) is 3.18. The zero-order valence-electron chi connectivity index (χ0n) is 12.3. The van der Waals surface area contributed by atoms with Crippen molar-refractivity contribution in [3.63, 3.8) is 0 Å². The fraction of sp³-hybridized carbons (Fsp3) is 0.133. The molecular weight excluding hydrogens is 334 g/mol. The molecule has 2 aromatic rings. The second kappa shape index (κ2) is 7.91. The summed E-state index contributed by atoms with van der Waals surface area (Å²) in [5.41, 5.74) is 0.691. The standard InChI is InChI=1S/C15H17N3O3S2/c1-2-9-16-15(22)18-12-5-7-14(8-6-12)23(19,20)17-11-13-4-3-10-21-13/h2-8,10,17H,1,9,11H2,(H2,16,18,22). The summed E-state index contributed by atoms with van der Waals surface area (Å²) in [5, 5.41) is 6.32. The van der Waals surface area contributed by atoms with E-state index >= 15 is 0 Å². The van der Waals surface area contributed by atoms with Crippen molar-refractivity contribution in [2.75, 3.05) is 11.9 Å². The van der Waals surface area contributed by atoms with Crippen molar-refractivity contribution in [1.29, 1.82) is 0 Å². The SMILES string of the molecule is C=CCNC(=S)Nc1ccc(S(=O)(=O)NCc2ccco2)cc1. The van der Waals surface area contributed by atoms with Crippen molar-refractivity contribution in [3.8, 4) is 0 Å². The van der Waals surface area contributed by atoms with Crippen molar-refractivity contribution in [1.82, 2.24) is 10.0 Å². The van der Waals surface area contributed by atoms with Crippen LogP contribution in [-0.2, 0) is 16.6 Å². The highest BCUT2D eigenvalue weighted by Crippen LogP contribution is 2.14. The van der Waals surface area contributed by atoms with Gasteiger partial charge in [-0.2, -0.15) is 0 Å². The molecule has 0 aliphatic heterocycles. The summed E-state index contributed by atoms with van der Waals surface area (Å²) < 4.78 is 31.9. The van der Waals surface area contributed by atoms with E-state index in [0.717, 1.165) is 0 Å². The van der Waals surface area contributed by atoms with Gasteiger partial charge in [0.05, 0.1) is 17.7 Å². The van der Waals surface area contributed by atoms with Gasteiger partial charge in [0.15, 0.2) is 5.11 Å². The van der Waals surface area contributed by atoms with Crippen LogP contribution in [0.5, 0.6) is 0 Å². The van der Waals surface area contributed by atoms with Gasteiger partial charge in [-0.05, 0) is 48.6 Å². The molecule has 0 radical (unpaired) electrons. The number of sulfonamides is 1. The van der Waals surface area contributed by atoms with E-state index in [2.05, 4.69) is 21.9 Å². The Balaban J connectivity index is 1.97. The van der Waals surface area contributed by atoms with E-state index in [1.807, 2.05) is 0 Å². The lowest BCUT2D eigenvalue weighted by Crippen LogP contribution is -2.28. The van der Waals surface area contributed by atoms with E-state index in [9.17, 15) is 8.42 Å². The molecule has 2 rings (SSSR count). The average Bonchev–Trinajstić information content (AvgIpc) is 3.05. The minimum Gasteiger partial charge on any atom is -0.468 e. The molecule has 0 bridgehead atoms. The Kier molecular flexibility index (Phi) is 5.91. The number of rotatable bonds is 7. The Morgan fingerprint density at radius 3 is 2.61 bits per heavy atom.